The second-order valence-electron chi connectivity index (χ2n) is 6.47. The molecule has 1 aliphatic heterocycles. The van der Waals surface area contributed by atoms with Crippen molar-refractivity contribution in [3.8, 4) is 5.75 Å². The first kappa shape index (κ1) is 20.7. The molecule has 0 saturated carbocycles. The van der Waals surface area contributed by atoms with Gasteiger partial charge in [0.05, 0.1) is 18.2 Å². The number of esters is 1. The predicted octanol–water partition coefficient (Wildman–Crippen LogP) is 3.27. The van der Waals surface area contributed by atoms with Gasteiger partial charge in [0.25, 0.3) is 5.91 Å². The Balaban J connectivity index is 1.56. The standard InChI is InChI=1S/C21H21ClN2O5/c1-2-28-18-9-4-3-8-17(18)24-12-14(10-20(24)26)21(27)29-13-19(25)23-16-7-5-6-15(22)11-16/h3-9,11,14H,2,10,12-13H2,1H3,(H,23,25)/t14-/m0/s1. The van der Waals surface area contributed by atoms with E-state index in [0.717, 1.165) is 0 Å². The summed E-state index contributed by atoms with van der Waals surface area (Å²) in [5.74, 6) is -1.32. The second kappa shape index (κ2) is 9.43. The summed E-state index contributed by atoms with van der Waals surface area (Å²) in [6.45, 7) is 2.06. The van der Waals surface area contributed by atoms with Crippen LogP contribution in [-0.4, -0.2) is 37.5 Å². The lowest BCUT2D eigenvalue weighted by Gasteiger charge is -2.19. The van der Waals surface area contributed by atoms with Gasteiger partial charge in [-0.1, -0.05) is 29.8 Å². The highest BCUT2D eigenvalue weighted by atomic mass is 35.5. The van der Waals surface area contributed by atoms with Crippen LogP contribution in [0, 0.1) is 5.92 Å². The summed E-state index contributed by atoms with van der Waals surface area (Å²) in [6, 6.07) is 13.8. The summed E-state index contributed by atoms with van der Waals surface area (Å²) in [5, 5.41) is 3.08. The van der Waals surface area contributed by atoms with Crippen molar-refractivity contribution in [1.82, 2.24) is 0 Å². The lowest BCUT2D eigenvalue weighted by molar-refractivity contribution is -0.151. The Morgan fingerprint density at radius 1 is 1.21 bits per heavy atom. The van der Waals surface area contributed by atoms with Crippen LogP contribution in [0.15, 0.2) is 48.5 Å². The number of nitrogens with zero attached hydrogens (tertiary/aromatic N) is 1. The maximum absolute atomic E-state index is 12.4. The summed E-state index contributed by atoms with van der Waals surface area (Å²) in [4.78, 5) is 38.3. The fourth-order valence-corrected chi connectivity index (χ4v) is 3.26. The lowest BCUT2D eigenvalue weighted by atomic mass is 10.1. The zero-order valence-corrected chi connectivity index (χ0v) is 16.6. The van der Waals surface area contributed by atoms with Gasteiger partial charge in [-0.3, -0.25) is 14.4 Å². The minimum atomic E-state index is -0.642. The molecule has 0 radical (unpaired) electrons. The quantitative estimate of drug-likeness (QED) is 0.700. The molecular formula is C21H21ClN2O5. The first-order chi connectivity index (χ1) is 14.0. The van der Waals surface area contributed by atoms with Gasteiger partial charge >= 0.3 is 5.97 Å². The van der Waals surface area contributed by atoms with Crippen molar-refractivity contribution in [2.45, 2.75) is 13.3 Å². The van der Waals surface area contributed by atoms with E-state index in [4.69, 9.17) is 21.1 Å². The van der Waals surface area contributed by atoms with Gasteiger partial charge in [-0.25, -0.2) is 0 Å². The van der Waals surface area contributed by atoms with Gasteiger partial charge in [0, 0.05) is 23.7 Å². The van der Waals surface area contributed by atoms with Crippen LogP contribution in [0.5, 0.6) is 5.75 Å². The molecule has 152 valence electrons. The Morgan fingerprint density at radius 3 is 2.76 bits per heavy atom. The maximum Gasteiger partial charge on any atom is 0.311 e. The van der Waals surface area contributed by atoms with Gasteiger partial charge in [-0.2, -0.15) is 0 Å². The highest BCUT2D eigenvalue weighted by Crippen LogP contribution is 2.33. The number of hydrogen-bond donors (Lipinski definition) is 1. The molecule has 0 aliphatic carbocycles. The van der Waals surface area contributed by atoms with Gasteiger partial charge in [0.2, 0.25) is 5.91 Å². The van der Waals surface area contributed by atoms with E-state index in [1.54, 1.807) is 42.5 Å². The van der Waals surface area contributed by atoms with Gasteiger partial charge in [0.1, 0.15) is 5.75 Å². The number of halogens is 1. The number of hydrogen-bond acceptors (Lipinski definition) is 5. The fourth-order valence-electron chi connectivity index (χ4n) is 3.07. The monoisotopic (exact) mass is 416 g/mol. The van der Waals surface area contributed by atoms with Crippen LogP contribution < -0.4 is 15.0 Å². The SMILES string of the molecule is CCOc1ccccc1N1C[C@@H](C(=O)OCC(=O)Nc2cccc(Cl)c2)CC1=O. The molecule has 29 heavy (non-hydrogen) atoms. The Labute approximate surface area is 173 Å². The lowest BCUT2D eigenvalue weighted by Crippen LogP contribution is -2.28. The molecule has 1 fully saturated rings. The molecule has 0 bridgehead atoms. The number of benzene rings is 2. The first-order valence-corrected chi connectivity index (χ1v) is 9.60. The van der Waals surface area contributed by atoms with Crippen LogP contribution in [0.25, 0.3) is 0 Å². The molecule has 1 saturated heterocycles. The normalized spacial score (nSPS) is 15.9. The third-order valence-electron chi connectivity index (χ3n) is 4.37. The second-order valence-corrected chi connectivity index (χ2v) is 6.91. The predicted molar refractivity (Wildman–Crippen MR) is 109 cm³/mol. The smallest absolute Gasteiger partial charge is 0.311 e. The van der Waals surface area contributed by atoms with Crippen molar-refractivity contribution in [1.29, 1.82) is 0 Å². The minimum absolute atomic E-state index is 0.0230. The van der Waals surface area contributed by atoms with Crippen molar-refractivity contribution in [2.24, 2.45) is 5.92 Å². The zero-order chi connectivity index (χ0) is 20.8. The third-order valence-corrected chi connectivity index (χ3v) is 4.60. The molecule has 7 nitrogen and oxygen atoms in total. The number of ether oxygens (including phenoxy) is 2. The number of nitrogens with one attached hydrogen (secondary N) is 1. The van der Waals surface area contributed by atoms with E-state index < -0.39 is 24.4 Å². The summed E-state index contributed by atoms with van der Waals surface area (Å²) < 4.78 is 10.7. The largest absolute Gasteiger partial charge is 0.492 e. The minimum Gasteiger partial charge on any atom is -0.492 e. The summed E-state index contributed by atoms with van der Waals surface area (Å²) >= 11 is 5.87. The van der Waals surface area contributed by atoms with Gasteiger partial charge < -0.3 is 19.7 Å². The zero-order valence-electron chi connectivity index (χ0n) is 15.9. The van der Waals surface area contributed by atoms with Crippen molar-refractivity contribution in [3.05, 3.63) is 53.6 Å². The number of rotatable bonds is 7. The molecule has 8 heteroatoms. The molecule has 1 aliphatic rings. The molecule has 2 aromatic rings. The fraction of sp³-hybridized carbons (Fsp3) is 0.286. The Hall–Kier alpha value is -3.06. The van der Waals surface area contributed by atoms with Crippen LogP contribution in [0.4, 0.5) is 11.4 Å². The number of carbonyl (C=O) groups excluding carboxylic acids is 3. The average molecular weight is 417 g/mol. The van der Waals surface area contributed by atoms with E-state index in [1.165, 1.54) is 4.90 Å². The maximum atomic E-state index is 12.4. The average Bonchev–Trinajstić information content (AvgIpc) is 3.08. The highest BCUT2D eigenvalue weighted by molar-refractivity contribution is 6.30. The molecule has 0 unspecified atom stereocenters. The van der Waals surface area contributed by atoms with Crippen LogP contribution >= 0.6 is 11.6 Å². The third kappa shape index (κ3) is 5.26. The Kier molecular flexibility index (Phi) is 6.72. The molecule has 1 heterocycles. The highest BCUT2D eigenvalue weighted by Gasteiger charge is 2.37. The van der Waals surface area contributed by atoms with Crippen LogP contribution in [-0.2, 0) is 19.1 Å². The van der Waals surface area contributed by atoms with Crippen LogP contribution in [0.1, 0.15) is 13.3 Å². The number of para-hydroxylation sites is 2. The summed E-state index contributed by atoms with van der Waals surface area (Å²) in [7, 11) is 0. The van der Waals surface area contributed by atoms with Crippen LogP contribution in [0.3, 0.4) is 0 Å². The van der Waals surface area contributed by atoms with Crippen molar-refractivity contribution >= 4 is 40.8 Å². The Morgan fingerprint density at radius 2 is 2.00 bits per heavy atom. The molecule has 1 N–H and O–H groups in total. The van der Waals surface area contributed by atoms with E-state index in [-0.39, 0.29) is 18.9 Å². The summed E-state index contributed by atoms with van der Waals surface area (Å²) in [6.07, 6.45) is 0.0230. The van der Waals surface area contributed by atoms with Crippen molar-refractivity contribution < 1.29 is 23.9 Å². The molecule has 2 aromatic carbocycles. The Bertz CT molecular complexity index is 917. The van der Waals surface area contributed by atoms with E-state index in [0.29, 0.717) is 28.8 Å². The van der Waals surface area contributed by atoms with Gasteiger partial charge in [0.15, 0.2) is 6.61 Å². The molecule has 2 amide bonds. The van der Waals surface area contributed by atoms with E-state index in [2.05, 4.69) is 5.32 Å². The number of anilines is 2. The van der Waals surface area contributed by atoms with Crippen molar-refractivity contribution in [3.63, 3.8) is 0 Å². The molecular weight excluding hydrogens is 396 g/mol. The van der Waals surface area contributed by atoms with E-state index in [9.17, 15) is 14.4 Å². The molecule has 0 spiro atoms. The van der Waals surface area contributed by atoms with Crippen molar-refractivity contribution in [2.75, 3.05) is 30.0 Å². The number of amides is 2. The van der Waals surface area contributed by atoms with E-state index >= 15 is 0 Å². The summed E-state index contributed by atoms with van der Waals surface area (Å²) in [5.41, 5.74) is 1.13. The van der Waals surface area contributed by atoms with Crippen LogP contribution in [0.2, 0.25) is 5.02 Å². The topological polar surface area (TPSA) is 84.9 Å². The van der Waals surface area contributed by atoms with E-state index in [1.807, 2.05) is 13.0 Å². The number of carbonyl (C=O) groups is 3. The molecule has 0 aromatic heterocycles. The molecule has 1 atom stereocenters. The van der Waals surface area contributed by atoms with Gasteiger partial charge in [-0.05, 0) is 37.3 Å². The molecule has 3 rings (SSSR count). The van der Waals surface area contributed by atoms with Gasteiger partial charge in [-0.15, -0.1) is 0 Å². The first-order valence-electron chi connectivity index (χ1n) is 9.22.